The van der Waals surface area contributed by atoms with Gasteiger partial charge in [-0.05, 0) is 31.9 Å². The number of hydrogen-bond acceptors (Lipinski definition) is 2. The first-order valence-corrected chi connectivity index (χ1v) is 7.18. The first kappa shape index (κ1) is 13.5. The molecule has 0 radical (unpaired) electrons. The predicted molar refractivity (Wildman–Crippen MR) is 87.8 cm³/mol. The minimum absolute atomic E-state index is 0.807. The van der Waals surface area contributed by atoms with Crippen LogP contribution in [-0.4, -0.2) is 9.97 Å². The predicted octanol–water partition coefficient (Wildman–Crippen LogP) is 4.66. The van der Waals surface area contributed by atoms with Crippen LogP contribution < -0.4 is 0 Å². The van der Waals surface area contributed by atoms with Crippen LogP contribution in [0.25, 0.3) is 16.8 Å². The lowest BCUT2D eigenvalue weighted by Gasteiger charge is -2.08. The molecule has 0 saturated heterocycles. The van der Waals surface area contributed by atoms with E-state index in [0.29, 0.717) is 0 Å². The van der Waals surface area contributed by atoms with E-state index in [9.17, 15) is 0 Å². The third-order valence-electron chi connectivity index (χ3n) is 3.51. The van der Waals surface area contributed by atoms with Gasteiger partial charge in [-0.25, -0.2) is 9.97 Å². The number of rotatable bonds is 2. The zero-order chi connectivity index (χ0) is 14.7. The second-order valence-electron chi connectivity index (χ2n) is 5.26. The van der Waals surface area contributed by atoms with Crippen molar-refractivity contribution in [3.05, 3.63) is 77.8 Å². The van der Waals surface area contributed by atoms with E-state index in [-0.39, 0.29) is 0 Å². The topological polar surface area (TPSA) is 25.8 Å². The third kappa shape index (κ3) is 3.16. The summed E-state index contributed by atoms with van der Waals surface area (Å²) in [6.45, 7) is 4.04. The summed E-state index contributed by atoms with van der Waals surface area (Å²) >= 11 is 0. The Labute approximate surface area is 125 Å². The minimum atomic E-state index is 0.807. The van der Waals surface area contributed by atoms with Crippen molar-refractivity contribution in [1.29, 1.82) is 0 Å². The summed E-state index contributed by atoms with van der Waals surface area (Å²) in [6.07, 6.45) is 11.3. The Kier molecular flexibility index (Phi) is 3.78. The van der Waals surface area contributed by atoms with Gasteiger partial charge in [0.25, 0.3) is 0 Å². The van der Waals surface area contributed by atoms with Gasteiger partial charge in [-0.15, -0.1) is 0 Å². The number of nitrogens with zero attached hydrogens (tertiary/aromatic N) is 2. The van der Waals surface area contributed by atoms with Crippen molar-refractivity contribution < 1.29 is 0 Å². The third-order valence-corrected chi connectivity index (χ3v) is 3.51. The van der Waals surface area contributed by atoms with Crippen LogP contribution in [0.3, 0.4) is 0 Å². The second kappa shape index (κ2) is 5.88. The van der Waals surface area contributed by atoms with Gasteiger partial charge in [0.2, 0.25) is 0 Å². The van der Waals surface area contributed by atoms with Crippen LogP contribution >= 0.6 is 0 Å². The highest BCUT2D eigenvalue weighted by molar-refractivity contribution is 5.70. The maximum Gasteiger partial charge on any atom is 0.126 e. The molecule has 0 saturated carbocycles. The minimum Gasteiger partial charge on any atom is -0.234 e. The monoisotopic (exact) mass is 274 g/mol. The summed E-state index contributed by atoms with van der Waals surface area (Å²) in [6, 6.07) is 10.5. The fourth-order valence-electron chi connectivity index (χ4n) is 2.37. The first-order valence-electron chi connectivity index (χ1n) is 7.18. The molecular weight excluding hydrogens is 256 g/mol. The van der Waals surface area contributed by atoms with Crippen molar-refractivity contribution in [2.24, 2.45) is 0 Å². The van der Waals surface area contributed by atoms with Gasteiger partial charge >= 0.3 is 0 Å². The van der Waals surface area contributed by atoms with Gasteiger partial charge in [-0.3, -0.25) is 0 Å². The molecular formula is C19H18N2. The Morgan fingerprint density at radius 1 is 0.857 bits per heavy atom. The fraction of sp³-hybridized carbons (Fsp3) is 0.158. The summed E-state index contributed by atoms with van der Waals surface area (Å²) in [4.78, 5) is 9.17. The van der Waals surface area contributed by atoms with Gasteiger partial charge < -0.3 is 0 Å². The molecule has 3 rings (SSSR count). The lowest BCUT2D eigenvalue weighted by Crippen LogP contribution is -1.97. The first-order chi connectivity index (χ1) is 10.2. The molecule has 2 aromatic rings. The number of benzene rings is 1. The molecule has 2 heteroatoms. The molecule has 0 aliphatic heterocycles. The van der Waals surface area contributed by atoms with Gasteiger partial charge in [0.1, 0.15) is 5.82 Å². The van der Waals surface area contributed by atoms with Crippen molar-refractivity contribution in [2.45, 2.75) is 20.3 Å². The molecule has 1 aromatic heterocycles. The normalized spacial score (nSPS) is 13.9. The van der Waals surface area contributed by atoms with Gasteiger partial charge in [-0.1, -0.05) is 60.2 Å². The molecule has 1 aliphatic carbocycles. The summed E-state index contributed by atoms with van der Waals surface area (Å²) in [5.74, 6) is 0.807. The van der Waals surface area contributed by atoms with Crippen molar-refractivity contribution >= 4 is 5.57 Å². The zero-order valence-electron chi connectivity index (χ0n) is 12.4. The maximum absolute atomic E-state index is 4.60. The standard InChI is InChI=1S/C19H18N2/c1-14-9-11-17(12-10-14)19-13-18(20-15(2)21-19)16-7-5-3-4-6-8-16/h3-7,9-13H,8H2,1-2H3. The largest absolute Gasteiger partial charge is 0.234 e. The maximum atomic E-state index is 4.60. The average Bonchev–Trinajstić information content (AvgIpc) is 2.76. The van der Waals surface area contributed by atoms with Gasteiger partial charge in [-0.2, -0.15) is 0 Å². The Balaban J connectivity index is 2.04. The highest BCUT2D eigenvalue weighted by atomic mass is 14.9. The molecule has 1 aliphatic rings. The highest BCUT2D eigenvalue weighted by Crippen LogP contribution is 2.24. The molecule has 0 bridgehead atoms. The molecule has 0 atom stereocenters. The lowest BCUT2D eigenvalue weighted by molar-refractivity contribution is 1.04. The molecule has 21 heavy (non-hydrogen) atoms. The summed E-state index contributed by atoms with van der Waals surface area (Å²) in [5, 5.41) is 0. The number of aryl methyl sites for hydroxylation is 2. The number of aromatic nitrogens is 2. The SMILES string of the molecule is Cc1ccc(-c2cc(C3=CC=CC=CC3)nc(C)n2)cc1. The van der Waals surface area contributed by atoms with E-state index in [1.165, 1.54) is 11.1 Å². The smallest absolute Gasteiger partial charge is 0.126 e. The molecule has 1 aromatic carbocycles. The van der Waals surface area contributed by atoms with Gasteiger partial charge in [0, 0.05) is 5.56 Å². The van der Waals surface area contributed by atoms with E-state index in [0.717, 1.165) is 29.2 Å². The van der Waals surface area contributed by atoms with E-state index in [1.807, 2.05) is 13.0 Å². The number of hydrogen-bond donors (Lipinski definition) is 0. The summed E-state index contributed by atoms with van der Waals surface area (Å²) in [5.41, 5.74) is 5.60. The van der Waals surface area contributed by atoms with E-state index < -0.39 is 0 Å². The van der Waals surface area contributed by atoms with Crippen LogP contribution in [0.5, 0.6) is 0 Å². The summed E-state index contributed by atoms with van der Waals surface area (Å²) in [7, 11) is 0. The lowest BCUT2D eigenvalue weighted by atomic mass is 10.0. The van der Waals surface area contributed by atoms with Crippen LogP contribution in [0.2, 0.25) is 0 Å². The van der Waals surface area contributed by atoms with E-state index in [2.05, 4.69) is 71.5 Å². The quantitative estimate of drug-likeness (QED) is 0.796. The molecule has 0 fully saturated rings. The van der Waals surface area contributed by atoms with Crippen LogP contribution in [-0.2, 0) is 0 Å². The zero-order valence-corrected chi connectivity index (χ0v) is 12.4. The van der Waals surface area contributed by atoms with Gasteiger partial charge in [0.05, 0.1) is 11.4 Å². The molecule has 0 N–H and O–H groups in total. The van der Waals surface area contributed by atoms with Crippen molar-refractivity contribution in [1.82, 2.24) is 9.97 Å². The van der Waals surface area contributed by atoms with Crippen molar-refractivity contribution in [2.75, 3.05) is 0 Å². The van der Waals surface area contributed by atoms with Crippen molar-refractivity contribution in [3.63, 3.8) is 0 Å². The molecule has 0 spiro atoms. The Morgan fingerprint density at radius 2 is 1.62 bits per heavy atom. The molecule has 2 nitrogen and oxygen atoms in total. The molecule has 0 amide bonds. The average molecular weight is 274 g/mol. The van der Waals surface area contributed by atoms with E-state index in [1.54, 1.807) is 0 Å². The Bertz CT molecular complexity index is 735. The van der Waals surface area contributed by atoms with Gasteiger partial charge in [0.15, 0.2) is 0 Å². The highest BCUT2D eigenvalue weighted by Gasteiger charge is 2.08. The van der Waals surface area contributed by atoms with Crippen LogP contribution in [0.15, 0.2) is 60.7 Å². The summed E-state index contributed by atoms with van der Waals surface area (Å²) < 4.78 is 0. The molecule has 104 valence electrons. The number of allylic oxidation sites excluding steroid dienone is 6. The van der Waals surface area contributed by atoms with Crippen LogP contribution in [0.1, 0.15) is 23.5 Å². The van der Waals surface area contributed by atoms with Crippen molar-refractivity contribution in [3.8, 4) is 11.3 Å². The Morgan fingerprint density at radius 3 is 2.43 bits per heavy atom. The molecule has 0 unspecified atom stereocenters. The van der Waals surface area contributed by atoms with E-state index >= 15 is 0 Å². The fourth-order valence-corrected chi connectivity index (χ4v) is 2.37. The van der Waals surface area contributed by atoms with E-state index in [4.69, 9.17) is 0 Å². The van der Waals surface area contributed by atoms with Crippen LogP contribution in [0.4, 0.5) is 0 Å². The molecule has 1 heterocycles. The Hall–Kier alpha value is -2.48. The second-order valence-corrected chi connectivity index (χ2v) is 5.26. The van der Waals surface area contributed by atoms with Crippen LogP contribution in [0, 0.1) is 13.8 Å².